The number of halogens is 1. The first-order chi connectivity index (χ1) is 11.6. The number of nitrogens with one attached hydrogen (secondary N) is 1. The molecule has 0 atom stereocenters. The van der Waals surface area contributed by atoms with Crippen molar-refractivity contribution in [2.24, 2.45) is 0 Å². The average molecular weight is 359 g/mol. The molecule has 0 aliphatic rings. The molecule has 0 saturated heterocycles. The third-order valence-electron chi connectivity index (χ3n) is 3.72. The number of aromatic nitrogens is 1. The largest absolute Gasteiger partial charge is 0.354 e. The molecular formula is C17H11ClN2O3S. The molecule has 120 valence electrons. The lowest BCUT2D eigenvalue weighted by molar-refractivity contribution is 0.460. The second kappa shape index (κ2) is 5.51. The van der Waals surface area contributed by atoms with Crippen LogP contribution in [0.4, 0.5) is 5.82 Å². The molecule has 5 nitrogen and oxygen atoms in total. The molecule has 7 heteroatoms. The maximum absolute atomic E-state index is 12.8. The van der Waals surface area contributed by atoms with Gasteiger partial charge in [-0.3, -0.25) is 4.72 Å². The van der Waals surface area contributed by atoms with Crippen LogP contribution in [0.5, 0.6) is 0 Å². The van der Waals surface area contributed by atoms with Gasteiger partial charge < -0.3 is 4.52 Å². The van der Waals surface area contributed by atoms with E-state index in [1.54, 1.807) is 42.5 Å². The van der Waals surface area contributed by atoms with Gasteiger partial charge in [-0.05, 0) is 23.6 Å². The van der Waals surface area contributed by atoms with Crippen molar-refractivity contribution in [1.29, 1.82) is 0 Å². The van der Waals surface area contributed by atoms with E-state index in [0.717, 1.165) is 5.39 Å². The summed E-state index contributed by atoms with van der Waals surface area (Å²) >= 11 is 6.14. The number of fused-ring (bicyclic) bond motifs is 2. The van der Waals surface area contributed by atoms with Gasteiger partial charge in [-0.2, -0.15) is 0 Å². The van der Waals surface area contributed by atoms with Gasteiger partial charge in [-0.15, -0.1) is 0 Å². The van der Waals surface area contributed by atoms with Crippen LogP contribution in [-0.2, 0) is 10.0 Å². The van der Waals surface area contributed by atoms with E-state index in [1.807, 2.05) is 18.2 Å². The molecule has 0 aliphatic heterocycles. The van der Waals surface area contributed by atoms with Crippen LogP contribution in [0, 0.1) is 0 Å². The number of hydrogen-bond acceptors (Lipinski definition) is 4. The van der Waals surface area contributed by atoms with Gasteiger partial charge in [0.25, 0.3) is 10.0 Å². The molecule has 0 amide bonds. The second-order valence-corrected chi connectivity index (χ2v) is 7.28. The van der Waals surface area contributed by atoms with Crippen molar-refractivity contribution in [3.05, 3.63) is 65.7 Å². The van der Waals surface area contributed by atoms with Crippen LogP contribution in [0.15, 0.2) is 70.1 Å². The molecule has 0 bridgehead atoms. The molecule has 0 spiro atoms. The van der Waals surface area contributed by atoms with Crippen LogP contribution >= 0.6 is 11.6 Å². The summed E-state index contributed by atoms with van der Waals surface area (Å²) in [4.78, 5) is 0.170. The minimum Gasteiger partial charge on any atom is -0.354 e. The molecule has 0 radical (unpaired) electrons. The first-order valence-corrected chi connectivity index (χ1v) is 8.97. The third-order valence-corrected chi connectivity index (χ3v) is 5.43. The summed E-state index contributed by atoms with van der Waals surface area (Å²) in [5, 5.41) is 6.06. The van der Waals surface area contributed by atoms with E-state index in [2.05, 4.69) is 9.88 Å². The summed E-state index contributed by atoms with van der Waals surface area (Å²) in [6.07, 6.45) is 0. The fraction of sp³-hybridized carbons (Fsp3) is 0. The van der Waals surface area contributed by atoms with Gasteiger partial charge in [0.15, 0.2) is 11.4 Å². The summed E-state index contributed by atoms with van der Waals surface area (Å²) in [5.41, 5.74) is 0.415. The molecule has 3 aromatic carbocycles. The maximum Gasteiger partial charge on any atom is 0.263 e. The summed E-state index contributed by atoms with van der Waals surface area (Å²) in [6, 6.07) is 17.4. The Morgan fingerprint density at radius 2 is 1.71 bits per heavy atom. The lowest BCUT2D eigenvalue weighted by atomic mass is 10.1. The van der Waals surface area contributed by atoms with Crippen LogP contribution in [0.3, 0.4) is 0 Å². The molecule has 1 N–H and O–H groups in total. The second-order valence-electron chi connectivity index (χ2n) is 5.23. The monoisotopic (exact) mass is 358 g/mol. The molecule has 0 fully saturated rings. The van der Waals surface area contributed by atoms with Crippen molar-refractivity contribution in [2.45, 2.75) is 4.90 Å². The Labute approximate surface area is 142 Å². The van der Waals surface area contributed by atoms with Crippen LogP contribution in [-0.4, -0.2) is 13.6 Å². The molecule has 1 heterocycles. The summed E-state index contributed by atoms with van der Waals surface area (Å²) in [7, 11) is -3.85. The standard InChI is InChI=1S/C17H11ClN2O3S/c18-13-8-4-9-14-16(13)17(19-23-14)20-24(21,22)15-10-3-6-11-5-1-2-7-12(11)15/h1-10H,(H,19,20). The fourth-order valence-corrected chi connectivity index (χ4v) is 4.12. The molecule has 4 rings (SSSR count). The fourth-order valence-electron chi connectivity index (χ4n) is 2.63. The highest BCUT2D eigenvalue weighted by Gasteiger charge is 2.21. The van der Waals surface area contributed by atoms with Crippen LogP contribution in [0.25, 0.3) is 21.7 Å². The van der Waals surface area contributed by atoms with E-state index < -0.39 is 10.0 Å². The van der Waals surface area contributed by atoms with Gasteiger partial charge in [0.05, 0.1) is 15.3 Å². The van der Waals surface area contributed by atoms with Crippen molar-refractivity contribution in [3.8, 4) is 0 Å². The van der Waals surface area contributed by atoms with Gasteiger partial charge in [0.2, 0.25) is 0 Å². The van der Waals surface area contributed by atoms with Crippen molar-refractivity contribution in [3.63, 3.8) is 0 Å². The van der Waals surface area contributed by atoms with Crippen molar-refractivity contribution < 1.29 is 12.9 Å². The average Bonchev–Trinajstić information content (AvgIpc) is 2.98. The molecule has 4 aromatic rings. The lowest BCUT2D eigenvalue weighted by Gasteiger charge is -2.09. The predicted octanol–water partition coefficient (Wildman–Crippen LogP) is 4.44. The highest BCUT2D eigenvalue weighted by molar-refractivity contribution is 7.93. The Hall–Kier alpha value is -2.57. The molecule has 0 saturated carbocycles. The Morgan fingerprint density at radius 3 is 2.58 bits per heavy atom. The predicted molar refractivity (Wildman–Crippen MR) is 93.8 cm³/mol. The number of nitrogens with zero attached hydrogens (tertiary/aromatic N) is 1. The van der Waals surface area contributed by atoms with Gasteiger partial charge in [-0.25, -0.2) is 8.42 Å². The molecule has 1 aromatic heterocycles. The van der Waals surface area contributed by atoms with Gasteiger partial charge >= 0.3 is 0 Å². The van der Waals surface area contributed by atoms with Crippen LogP contribution in [0.1, 0.15) is 0 Å². The van der Waals surface area contributed by atoms with Crippen molar-refractivity contribution in [1.82, 2.24) is 5.16 Å². The Bertz CT molecular complexity index is 1160. The molecule has 24 heavy (non-hydrogen) atoms. The maximum atomic E-state index is 12.8. The number of benzene rings is 3. The SMILES string of the molecule is O=S(=O)(Nc1noc2cccc(Cl)c12)c1cccc2ccccc12. The molecule has 0 unspecified atom stereocenters. The lowest BCUT2D eigenvalue weighted by Crippen LogP contribution is -2.13. The van der Waals surface area contributed by atoms with E-state index in [0.29, 0.717) is 21.4 Å². The van der Waals surface area contributed by atoms with E-state index in [1.165, 1.54) is 0 Å². The number of anilines is 1. The quantitative estimate of drug-likeness (QED) is 0.587. The molecule has 0 aliphatic carbocycles. The zero-order valence-electron chi connectivity index (χ0n) is 12.2. The summed E-state index contributed by atoms with van der Waals surface area (Å²) in [5.74, 6) is 0.0727. The van der Waals surface area contributed by atoms with E-state index in [4.69, 9.17) is 16.1 Å². The first kappa shape index (κ1) is 15.0. The highest BCUT2D eigenvalue weighted by Crippen LogP contribution is 2.32. The first-order valence-electron chi connectivity index (χ1n) is 7.11. The Kier molecular flexibility index (Phi) is 3.44. The van der Waals surface area contributed by atoms with Gasteiger partial charge in [-0.1, -0.05) is 59.2 Å². The van der Waals surface area contributed by atoms with Gasteiger partial charge in [0, 0.05) is 5.39 Å². The summed E-state index contributed by atoms with van der Waals surface area (Å²) in [6.45, 7) is 0. The number of hydrogen-bond donors (Lipinski definition) is 1. The molecular weight excluding hydrogens is 348 g/mol. The van der Waals surface area contributed by atoms with E-state index >= 15 is 0 Å². The third kappa shape index (κ3) is 2.40. The van der Waals surface area contributed by atoms with Crippen molar-refractivity contribution >= 4 is 49.2 Å². The zero-order chi connectivity index (χ0) is 16.7. The topological polar surface area (TPSA) is 72.2 Å². The number of sulfonamides is 1. The van der Waals surface area contributed by atoms with Crippen molar-refractivity contribution in [2.75, 3.05) is 4.72 Å². The Morgan fingerprint density at radius 1 is 0.958 bits per heavy atom. The van der Waals surface area contributed by atoms with E-state index in [-0.39, 0.29) is 10.7 Å². The minimum absolute atomic E-state index is 0.0727. The minimum atomic E-state index is -3.85. The highest BCUT2D eigenvalue weighted by atomic mass is 35.5. The van der Waals surface area contributed by atoms with Gasteiger partial charge in [0.1, 0.15) is 0 Å². The summed E-state index contributed by atoms with van der Waals surface area (Å²) < 4.78 is 33.3. The van der Waals surface area contributed by atoms with E-state index in [9.17, 15) is 8.42 Å². The number of rotatable bonds is 3. The zero-order valence-corrected chi connectivity index (χ0v) is 13.8. The smallest absolute Gasteiger partial charge is 0.263 e. The Balaban J connectivity index is 1.86. The normalized spacial score (nSPS) is 11.9. The van der Waals surface area contributed by atoms with Crippen LogP contribution < -0.4 is 4.72 Å². The van der Waals surface area contributed by atoms with Crippen LogP contribution in [0.2, 0.25) is 5.02 Å².